The largest absolute Gasteiger partial charge is 0.423 e. The average molecular weight is 267 g/mol. The first-order valence-corrected chi connectivity index (χ1v) is 7.04. The number of aromatic nitrogens is 1. The molecule has 0 saturated carbocycles. The molecule has 4 N–H and O–H groups in total. The van der Waals surface area contributed by atoms with Gasteiger partial charge in [0.2, 0.25) is 0 Å². The summed E-state index contributed by atoms with van der Waals surface area (Å²) in [6.07, 6.45) is 0.837. The molecule has 0 radical (unpaired) electrons. The second-order valence-electron chi connectivity index (χ2n) is 3.83. The Kier molecular flexibility index (Phi) is 4.72. The maximum Gasteiger partial charge on any atom is 0.295 e. The van der Waals surface area contributed by atoms with E-state index >= 15 is 0 Å². The van der Waals surface area contributed by atoms with Crippen LogP contribution in [-0.4, -0.2) is 34.7 Å². The number of thioether (sulfide) groups is 1. The van der Waals surface area contributed by atoms with Gasteiger partial charge in [0.1, 0.15) is 5.52 Å². The lowest BCUT2D eigenvalue weighted by Gasteiger charge is -2.00. The first-order chi connectivity index (χ1) is 8.81. The highest BCUT2D eigenvalue weighted by Crippen LogP contribution is 2.23. The Labute approximate surface area is 110 Å². The average Bonchev–Trinajstić information content (AvgIpc) is 2.78. The number of nitrogen functional groups attached to an aromatic ring is 1. The van der Waals surface area contributed by atoms with Gasteiger partial charge in [-0.1, -0.05) is 6.07 Å². The molecule has 0 saturated heterocycles. The number of fused-ring (bicyclic) bond motifs is 1. The first-order valence-electron chi connectivity index (χ1n) is 5.89. The molecule has 18 heavy (non-hydrogen) atoms. The number of nitrogens with two attached hydrogens (primary N) is 1. The van der Waals surface area contributed by atoms with Crippen LogP contribution >= 0.6 is 11.8 Å². The molecule has 0 aliphatic heterocycles. The van der Waals surface area contributed by atoms with E-state index in [4.69, 9.17) is 15.3 Å². The van der Waals surface area contributed by atoms with Crippen molar-refractivity contribution in [3.05, 3.63) is 18.2 Å². The molecule has 0 unspecified atom stereocenters. The molecule has 1 aromatic heterocycles. The number of hydrogen-bond donors (Lipinski definition) is 3. The number of aliphatic hydroxyl groups excluding tert-OH is 1. The van der Waals surface area contributed by atoms with Crippen LogP contribution in [0.1, 0.15) is 6.42 Å². The number of benzene rings is 1. The molecule has 0 spiro atoms. The summed E-state index contributed by atoms with van der Waals surface area (Å²) in [4.78, 5) is 4.29. The molecular formula is C12H17N3O2S. The van der Waals surface area contributed by atoms with Gasteiger partial charge in [-0.2, -0.15) is 16.7 Å². The fraction of sp³-hybridized carbons (Fsp3) is 0.417. The Balaban J connectivity index is 1.83. The third kappa shape index (κ3) is 3.30. The van der Waals surface area contributed by atoms with Gasteiger partial charge in [-0.15, -0.1) is 0 Å². The molecule has 5 nitrogen and oxygen atoms in total. The molecule has 0 fully saturated rings. The first kappa shape index (κ1) is 13.0. The zero-order valence-electron chi connectivity index (χ0n) is 10.1. The van der Waals surface area contributed by atoms with Crippen molar-refractivity contribution in [2.24, 2.45) is 0 Å². The summed E-state index contributed by atoms with van der Waals surface area (Å²) in [6.45, 7) is 1.04. The van der Waals surface area contributed by atoms with Gasteiger partial charge in [0.05, 0.1) is 5.69 Å². The fourth-order valence-corrected chi connectivity index (χ4v) is 2.33. The van der Waals surface area contributed by atoms with Crippen LogP contribution in [-0.2, 0) is 0 Å². The Hall–Kier alpha value is -1.40. The van der Waals surface area contributed by atoms with Gasteiger partial charge in [-0.05, 0) is 24.3 Å². The molecule has 2 rings (SSSR count). The molecule has 0 aliphatic carbocycles. The lowest BCUT2D eigenvalue weighted by molar-refractivity contribution is 0.296. The van der Waals surface area contributed by atoms with Crippen LogP contribution in [0.25, 0.3) is 11.1 Å². The van der Waals surface area contributed by atoms with E-state index in [1.807, 2.05) is 12.1 Å². The second kappa shape index (κ2) is 6.51. The van der Waals surface area contributed by atoms with Crippen molar-refractivity contribution < 1.29 is 9.52 Å². The zero-order valence-corrected chi connectivity index (χ0v) is 10.9. The maximum absolute atomic E-state index is 8.64. The quantitative estimate of drug-likeness (QED) is 0.525. The lowest BCUT2D eigenvalue weighted by Crippen LogP contribution is -2.04. The number of rotatable bonds is 7. The molecule has 2 aromatic rings. The van der Waals surface area contributed by atoms with E-state index in [0.29, 0.717) is 22.8 Å². The number of oxazole rings is 1. The Morgan fingerprint density at radius 1 is 1.39 bits per heavy atom. The van der Waals surface area contributed by atoms with Gasteiger partial charge < -0.3 is 20.6 Å². The molecule has 0 bridgehead atoms. The number of aliphatic hydroxyl groups is 1. The van der Waals surface area contributed by atoms with Crippen molar-refractivity contribution in [1.82, 2.24) is 4.98 Å². The van der Waals surface area contributed by atoms with Crippen LogP contribution in [0.2, 0.25) is 0 Å². The van der Waals surface area contributed by atoms with Crippen molar-refractivity contribution in [3.63, 3.8) is 0 Å². The van der Waals surface area contributed by atoms with E-state index in [1.165, 1.54) is 0 Å². The summed E-state index contributed by atoms with van der Waals surface area (Å²) >= 11 is 1.79. The highest BCUT2D eigenvalue weighted by Gasteiger charge is 2.06. The van der Waals surface area contributed by atoms with Crippen molar-refractivity contribution in [1.29, 1.82) is 0 Å². The summed E-state index contributed by atoms with van der Waals surface area (Å²) in [6, 6.07) is 6.00. The highest BCUT2D eigenvalue weighted by atomic mass is 32.2. The van der Waals surface area contributed by atoms with Gasteiger partial charge in [-0.3, -0.25) is 0 Å². The number of nitrogens with one attached hydrogen (secondary N) is 1. The minimum atomic E-state index is 0.255. The number of anilines is 2. The highest BCUT2D eigenvalue weighted by molar-refractivity contribution is 7.99. The summed E-state index contributed by atoms with van der Waals surface area (Å²) in [5, 5.41) is 11.8. The number of para-hydroxylation sites is 1. The predicted octanol–water partition coefficient (Wildman–Crippen LogP) is 1.94. The van der Waals surface area contributed by atoms with E-state index in [0.717, 1.165) is 24.5 Å². The Morgan fingerprint density at radius 2 is 2.28 bits per heavy atom. The van der Waals surface area contributed by atoms with E-state index < -0.39 is 0 Å². The van der Waals surface area contributed by atoms with Crippen LogP contribution in [0.5, 0.6) is 0 Å². The lowest BCUT2D eigenvalue weighted by atomic mass is 10.3. The van der Waals surface area contributed by atoms with Crippen LogP contribution < -0.4 is 11.1 Å². The summed E-state index contributed by atoms with van der Waals surface area (Å²) in [5.41, 5.74) is 7.83. The van der Waals surface area contributed by atoms with Gasteiger partial charge >= 0.3 is 0 Å². The van der Waals surface area contributed by atoms with E-state index in [9.17, 15) is 0 Å². The standard InChI is InChI=1S/C12H17N3O2S/c13-9-3-1-4-10-11(9)15-12(17-10)14-5-8-18-7-2-6-16/h1,3-4,16H,2,5-8,13H2,(H,14,15). The topological polar surface area (TPSA) is 84.3 Å². The molecule has 1 aromatic carbocycles. The molecule has 0 aliphatic rings. The minimum Gasteiger partial charge on any atom is -0.423 e. The number of hydrogen-bond acceptors (Lipinski definition) is 6. The maximum atomic E-state index is 8.64. The molecular weight excluding hydrogens is 250 g/mol. The Bertz CT molecular complexity index is 501. The van der Waals surface area contributed by atoms with Crippen LogP contribution in [0, 0.1) is 0 Å². The van der Waals surface area contributed by atoms with E-state index in [1.54, 1.807) is 17.8 Å². The van der Waals surface area contributed by atoms with E-state index in [2.05, 4.69) is 10.3 Å². The van der Waals surface area contributed by atoms with Crippen molar-refractivity contribution in [2.75, 3.05) is 35.7 Å². The minimum absolute atomic E-state index is 0.255. The van der Waals surface area contributed by atoms with Crippen LogP contribution in [0.4, 0.5) is 11.7 Å². The second-order valence-corrected chi connectivity index (χ2v) is 5.05. The third-order valence-electron chi connectivity index (χ3n) is 2.42. The monoisotopic (exact) mass is 267 g/mol. The van der Waals surface area contributed by atoms with Gasteiger partial charge in [0, 0.05) is 18.9 Å². The fourth-order valence-electron chi connectivity index (χ4n) is 1.54. The van der Waals surface area contributed by atoms with Crippen molar-refractivity contribution in [3.8, 4) is 0 Å². The summed E-state index contributed by atoms with van der Waals surface area (Å²) < 4.78 is 5.53. The molecule has 0 atom stereocenters. The molecule has 6 heteroatoms. The summed E-state index contributed by atoms with van der Waals surface area (Å²) in [5.74, 6) is 1.92. The van der Waals surface area contributed by atoms with Crippen molar-refractivity contribution in [2.45, 2.75) is 6.42 Å². The van der Waals surface area contributed by atoms with Gasteiger partial charge in [-0.25, -0.2) is 0 Å². The molecule has 0 amide bonds. The van der Waals surface area contributed by atoms with Crippen LogP contribution in [0.15, 0.2) is 22.6 Å². The molecule has 1 heterocycles. The third-order valence-corrected chi connectivity index (χ3v) is 3.49. The van der Waals surface area contributed by atoms with Gasteiger partial charge in [0.15, 0.2) is 5.58 Å². The van der Waals surface area contributed by atoms with E-state index in [-0.39, 0.29) is 6.61 Å². The molecule has 98 valence electrons. The Morgan fingerprint density at radius 3 is 3.06 bits per heavy atom. The van der Waals surface area contributed by atoms with Gasteiger partial charge in [0.25, 0.3) is 6.01 Å². The zero-order chi connectivity index (χ0) is 12.8. The SMILES string of the molecule is Nc1cccc2oc(NCCSCCCO)nc12. The smallest absolute Gasteiger partial charge is 0.295 e. The number of nitrogens with zero attached hydrogens (tertiary/aromatic N) is 1. The van der Waals surface area contributed by atoms with Crippen molar-refractivity contribution >= 4 is 34.6 Å². The van der Waals surface area contributed by atoms with Crippen LogP contribution in [0.3, 0.4) is 0 Å². The normalized spacial score (nSPS) is 10.9. The predicted molar refractivity (Wildman–Crippen MR) is 75.9 cm³/mol. The summed E-state index contributed by atoms with van der Waals surface area (Å²) in [7, 11) is 0.